The van der Waals surface area contributed by atoms with Gasteiger partial charge in [0.1, 0.15) is 5.82 Å². The Balaban J connectivity index is 1.95. The number of benzene rings is 1. The van der Waals surface area contributed by atoms with E-state index in [-0.39, 0.29) is 41.7 Å². The van der Waals surface area contributed by atoms with Crippen molar-refractivity contribution in [1.82, 2.24) is 19.3 Å². The van der Waals surface area contributed by atoms with Crippen LogP contribution in [0.2, 0.25) is 0 Å². The lowest BCUT2D eigenvalue weighted by atomic mass is 10.2. The zero-order valence-electron chi connectivity index (χ0n) is 19.2. The number of rotatable bonds is 9. The number of unbranched alkanes of at least 4 members (excludes halogenated alkanes) is 1. The number of nitrogens with two attached hydrogens (primary N) is 1. The molecule has 1 aromatic carbocycles. The number of hydrogen-bond acceptors (Lipinski definition) is 6. The zero-order valence-corrected chi connectivity index (χ0v) is 19.2. The van der Waals surface area contributed by atoms with Crippen molar-refractivity contribution in [2.24, 2.45) is 5.92 Å². The number of fused-ring (bicyclic) bond motifs is 1. The van der Waals surface area contributed by atoms with Crippen molar-refractivity contribution in [1.29, 1.82) is 0 Å². The van der Waals surface area contributed by atoms with Crippen molar-refractivity contribution >= 4 is 28.3 Å². The van der Waals surface area contributed by atoms with Crippen molar-refractivity contribution < 1.29 is 4.79 Å². The molecule has 3 rings (SSSR count). The van der Waals surface area contributed by atoms with Crippen molar-refractivity contribution in [3.05, 3.63) is 61.5 Å². The molecule has 2 aromatic heterocycles. The van der Waals surface area contributed by atoms with Crippen LogP contribution in [0, 0.1) is 5.92 Å². The summed E-state index contributed by atoms with van der Waals surface area (Å²) in [7, 11) is 0. The van der Waals surface area contributed by atoms with Gasteiger partial charge in [-0.05, 0) is 24.5 Å². The molecule has 0 saturated carbocycles. The Morgan fingerprint density at radius 3 is 2.64 bits per heavy atom. The number of amides is 1. The van der Waals surface area contributed by atoms with Crippen molar-refractivity contribution in [2.45, 2.75) is 53.1 Å². The SMILES string of the molecule is CCCCN(C(=O)CCn1ncc(=O)c2ccccc21)c1c(N)n(CC(C)C)c(=O)[nH]c1=O. The summed E-state index contributed by atoms with van der Waals surface area (Å²) in [4.78, 5) is 54.0. The molecule has 3 N–H and O–H groups in total. The lowest BCUT2D eigenvalue weighted by Crippen LogP contribution is -2.42. The van der Waals surface area contributed by atoms with Crippen LogP contribution in [0.5, 0.6) is 0 Å². The Bertz CT molecular complexity index is 1320. The van der Waals surface area contributed by atoms with E-state index in [9.17, 15) is 19.2 Å². The molecule has 0 saturated heterocycles. The average molecular weight is 455 g/mol. The molecule has 1 amide bonds. The van der Waals surface area contributed by atoms with Gasteiger partial charge in [0.25, 0.3) is 5.56 Å². The molecular weight excluding hydrogens is 424 g/mol. The van der Waals surface area contributed by atoms with Crippen LogP contribution in [-0.4, -0.2) is 31.8 Å². The van der Waals surface area contributed by atoms with Crippen LogP contribution in [0.4, 0.5) is 11.5 Å². The third-order valence-electron chi connectivity index (χ3n) is 5.37. The van der Waals surface area contributed by atoms with Gasteiger partial charge in [0.2, 0.25) is 11.3 Å². The number of carbonyl (C=O) groups excluding carboxylic acids is 1. The summed E-state index contributed by atoms with van der Waals surface area (Å²) in [6.07, 6.45) is 2.73. The normalized spacial score (nSPS) is 11.3. The van der Waals surface area contributed by atoms with Crippen LogP contribution in [0.3, 0.4) is 0 Å². The maximum absolute atomic E-state index is 13.3. The summed E-state index contributed by atoms with van der Waals surface area (Å²) in [5.41, 5.74) is 5.38. The van der Waals surface area contributed by atoms with Gasteiger partial charge in [0.05, 0.1) is 18.3 Å². The van der Waals surface area contributed by atoms with E-state index in [4.69, 9.17) is 5.73 Å². The van der Waals surface area contributed by atoms with Gasteiger partial charge in [-0.15, -0.1) is 0 Å². The first kappa shape index (κ1) is 24.0. The van der Waals surface area contributed by atoms with Crippen molar-refractivity contribution in [3.63, 3.8) is 0 Å². The summed E-state index contributed by atoms with van der Waals surface area (Å²) in [5.74, 6) is -0.225. The smallest absolute Gasteiger partial charge is 0.330 e. The number of nitrogen functional groups attached to an aromatic ring is 1. The first-order valence-corrected chi connectivity index (χ1v) is 11.1. The number of H-pyrrole nitrogens is 1. The van der Waals surface area contributed by atoms with E-state index in [1.165, 1.54) is 15.7 Å². The van der Waals surface area contributed by atoms with E-state index in [0.29, 0.717) is 30.4 Å². The minimum absolute atomic E-state index is 0.00794. The lowest BCUT2D eigenvalue weighted by Gasteiger charge is -2.25. The predicted molar refractivity (Wildman–Crippen MR) is 128 cm³/mol. The number of nitrogens with zero attached hydrogens (tertiary/aromatic N) is 4. The summed E-state index contributed by atoms with van der Waals surface area (Å²) in [5, 5.41) is 4.68. The molecule has 0 aliphatic heterocycles. The van der Waals surface area contributed by atoms with Crippen molar-refractivity contribution in [3.8, 4) is 0 Å². The topological polar surface area (TPSA) is 136 Å². The van der Waals surface area contributed by atoms with Gasteiger partial charge < -0.3 is 10.6 Å². The highest BCUT2D eigenvalue weighted by Gasteiger charge is 2.24. The quantitative estimate of drug-likeness (QED) is 0.505. The molecule has 10 nitrogen and oxygen atoms in total. The van der Waals surface area contributed by atoms with Crippen LogP contribution in [0.15, 0.2) is 44.8 Å². The predicted octanol–water partition coefficient (Wildman–Crippen LogP) is 1.71. The second-order valence-electron chi connectivity index (χ2n) is 8.40. The second-order valence-corrected chi connectivity index (χ2v) is 8.40. The van der Waals surface area contributed by atoms with E-state index < -0.39 is 11.2 Å². The van der Waals surface area contributed by atoms with Crippen LogP contribution < -0.4 is 27.3 Å². The molecule has 10 heteroatoms. The standard InChI is InChI=1S/C23H30N6O4/c1-4-5-11-27(20-21(24)28(14-15(2)3)23(33)26-22(20)32)19(31)10-12-29-17-9-7-6-8-16(17)18(30)13-25-29/h6-9,13,15H,4-5,10-12,14,24H2,1-3H3,(H,26,32,33). The maximum atomic E-state index is 13.3. The molecule has 2 heterocycles. The molecular formula is C23H30N6O4. The fraction of sp³-hybridized carbons (Fsp3) is 0.435. The van der Waals surface area contributed by atoms with Crippen molar-refractivity contribution in [2.75, 3.05) is 17.2 Å². The molecule has 0 aliphatic carbocycles. The minimum atomic E-state index is -0.686. The Morgan fingerprint density at radius 1 is 1.21 bits per heavy atom. The minimum Gasteiger partial charge on any atom is -0.383 e. The van der Waals surface area contributed by atoms with Gasteiger partial charge in [-0.25, -0.2) is 4.79 Å². The summed E-state index contributed by atoms with van der Waals surface area (Å²) in [6, 6.07) is 7.05. The fourth-order valence-corrected chi connectivity index (χ4v) is 3.74. The molecule has 0 spiro atoms. The Labute approximate surface area is 190 Å². The third-order valence-corrected chi connectivity index (χ3v) is 5.37. The second kappa shape index (κ2) is 10.3. The lowest BCUT2D eigenvalue weighted by molar-refractivity contribution is -0.118. The first-order valence-electron chi connectivity index (χ1n) is 11.1. The first-order chi connectivity index (χ1) is 15.7. The van der Waals surface area contributed by atoms with E-state index in [1.807, 2.05) is 20.8 Å². The van der Waals surface area contributed by atoms with Gasteiger partial charge in [0.15, 0.2) is 5.69 Å². The van der Waals surface area contributed by atoms with E-state index >= 15 is 0 Å². The largest absolute Gasteiger partial charge is 0.383 e. The average Bonchev–Trinajstić information content (AvgIpc) is 2.78. The number of aromatic amines is 1. The molecule has 0 fully saturated rings. The van der Waals surface area contributed by atoms with Crippen LogP contribution in [0.25, 0.3) is 10.9 Å². The number of para-hydroxylation sites is 1. The molecule has 0 atom stereocenters. The summed E-state index contributed by atoms with van der Waals surface area (Å²) < 4.78 is 2.89. The highest BCUT2D eigenvalue weighted by atomic mass is 16.2. The summed E-state index contributed by atoms with van der Waals surface area (Å²) >= 11 is 0. The van der Waals surface area contributed by atoms with Crippen LogP contribution >= 0.6 is 0 Å². The highest BCUT2D eigenvalue weighted by molar-refractivity contribution is 5.95. The number of anilines is 2. The third kappa shape index (κ3) is 5.21. The molecule has 0 aliphatic rings. The molecule has 0 unspecified atom stereocenters. The fourth-order valence-electron chi connectivity index (χ4n) is 3.74. The van der Waals surface area contributed by atoms with Gasteiger partial charge >= 0.3 is 5.69 Å². The number of nitrogens with one attached hydrogen (secondary N) is 1. The molecule has 0 bridgehead atoms. The van der Waals surface area contributed by atoms with E-state index in [1.54, 1.807) is 28.9 Å². The van der Waals surface area contributed by atoms with E-state index in [0.717, 1.165) is 6.42 Å². The highest BCUT2D eigenvalue weighted by Crippen LogP contribution is 2.20. The molecule has 176 valence electrons. The monoisotopic (exact) mass is 454 g/mol. The van der Waals surface area contributed by atoms with Gasteiger partial charge in [-0.1, -0.05) is 39.3 Å². The van der Waals surface area contributed by atoms with Gasteiger partial charge in [0, 0.05) is 24.9 Å². The van der Waals surface area contributed by atoms with Crippen LogP contribution in [-0.2, 0) is 17.9 Å². The number of aryl methyl sites for hydroxylation is 1. The Kier molecular flexibility index (Phi) is 7.47. The molecule has 33 heavy (non-hydrogen) atoms. The maximum Gasteiger partial charge on any atom is 0.330 e. The van der Waals surface area contributed by atoms with Gasteiger partial charge in [-0.2, -0.15) is 5.10 Å². The molecule has 0 radical (unpaired) electrons. The van der Waals surface area contributed by atoms with Gasteiger partial charge in [-0.3, -0.25) is 28.6 Å². The Morgan fingerprint density at radius 2 is 1.94 bits per heavy atom. The number of carbonyl (C=O) groups is 1. The zero-order chi connectivity index (χ0) is 24.1. The van der Waals surface area contributed by atoms with E-state index in [2.05, 4.69) is 10.1 Å². The molecule has 3 aromatic rings. The number of hydrogen-bond donors (Lipinski definition) is 2. The Hall–Kier alpha value is -3.69. The number of aromatic nitrogens is 4. The van der Waals surface area contributed by atoms with Crippen LogP contribution in [0.1, 0.15) is 40.0 Å². The summed E-state index contributed by atoms with van der Waals surface area (Å²) in [6.45, 7) is 6.66.